The number of carbonyl (C=O) groups is 1. The van der Waals surface area contributed by atoms with Crippen LogP contribution in [0.2, 0.25) is 0 Å². The van der Waals surface area contributed by atoms with Crippen LogP contribution in [0.15, 0.2) is 42.7 Å². The van der Waals surface area contributed by atoms with E-state index >= 15 is 0 Å². The molecule has 0 aliphatic carbocycles. The molecule has 1 amide bonds. The van der Waals surface area contributed by atoms with Crippen LogP contribution in [0.3, 0.4) is 0 Å². The zero-order valence-electron chi connectivity index (χ0n) is 14.9. The van der Waals surface area contributed by atoms with Gasteiger partial charge in [0.2, 0.25) is 0 Å². The van der Waals surface area contributed by atoms with Crippen LogP contribution in [0.25, 0.3) is 10.9 Å². The first-order chi connectivity index (χ1) is 12.9. The van der Waals surface area contributed by atoms with E-state index in [0.29, 0.717) is 16.8 Å². The Morgan fingerprint density at radius 2 is 2.15 bits per heavy atom. The van der Waals surface area contributed by atoms with Crippen LogP contribution in [0.5, 0.6) is 0 Å². The summed E-state index contributed by atoms with van der Waals surface area (Å²) in [5, 5.41) is 9.62. The molecule has 27 heavy (non-hydrogen) atoms. The Morgan fingerprint density at radius 1 is 1.37 bits per heavy atom. The van der Waals surface area contributed by atoms with E-state index in [1.165, 1.54) is 6.07 Å². The van der Waals surface area contributed by atoms with E-state index in [4.69, 9.17) is 9.94 Å². The van der Waals surface area contributed by atoms with Crippen LogP contribution in [-0.4, -0.2) is 33.8 Å². The molecule has 0 bridgehead atoms. The Balaban J connectivity index is 2.16. The van der Waals surface area contributed by atoms with Crippen LogP contribution in [0.4, 0.5) is 4.39 Å². The van der Waals surface area contributed by atoms with Crippen molar-refractivity contribution in [3.63, 3.8) is 0 Å². The van der Waals surface area contributed by atoms with E-state index in [-0.39, 0.29) is 19.0 Å². The number of aromatic nitrogens is 2. The number of aliphatic hydroxyl groups excluding tert-OH is 1. The normalized spacial score (nSPS) is 11.7. The standard InChI is InChI=1S/C19H19FIN3O3/c1-19(2,14-4-3-13(21)10-15(14)20)24-16(18(26)23-27-8-7-25)9-12-5-6-22-11-17(12)24/h3-6,9-11,25H,7-8H2,1-2H3,(H,23,26). The lowest BCUT2D eigenvalue weighted by atomic mass is 9.92. The zero-order chi connectivity index (χ0) is 19.6. The second-order valence-corrected chi connectivity index (χ2v) is 7.73. The molecule has 0 saturated heterocycles. The highest BCUT2D eigenvalue weighted by atomic mass is 127. The molecule has 8 heteroatoms. The lowest BCUT2D eigenvalue weighted by Gasteiger charge is -2.31. The van der Waals surface area contributed by atoms with E-state index in [0.717, 1.165) is 8.96 Å². The van der Waals surface area contributed by atoms with Gasteiger partial charge in [-0.25, -0.2) is 9.87 Å². The van der Waals surface area contributed by atoms with E-state index < -0.39 is 11.4 Å². The summed E-state index contributed by atoms with van der Waals surface area (Å²) >= 11 is 2.06. The first-order valence-corrected chi connectivity index (χ1v) is 9.38. The number of hydrogen-bond donors (Lipinski definition) is 2. The number of nitrogens with one attached hydrogen (secondary N) is 1. The van der Waals surface area contributed by atoms with Gasteiger partial charge in [0.25, 0.3) is 5.91 Å². The number of benzene rings is 1. The largest absolute Gasteiger partial charge is 0.394 e. The molecule has 0 unspecified atom stereocenters. The number of fused-ring (bicyclic) bond motifs is 1. The third kappa shape index (κ3) is 3.83. The fourth-order valence-corrected chi connectivity index (χ4v) is 3.59. The molecule has 2 N–H and O–H groups in total. The minimum Gasteiger partial charge on any atom is -0.394 e. The summed E-state index contributed by atoms with van der Waals surface area (Å²) < 4.78 is 17.3. The van der Waals surface area contributed by atoms with Crippen molar-refractivity contribution in [2.45, 2.75) is 19.4 Å². The molecule has 1 aromatic carbocycles. The van der Waals surface area contributed by atoms with Crippen LogP contribution in [0.1, 0.15) is 29.9 Å². The first kappa shape index (κ1) is 19.7. The number of nitrogens with zero attached hydrogens (tertiary/aromatic N) is 2. The predicted octanol–water partition coefficient (Wildman–Crippen LogP) is 3.22. The van der Waals surface area contributed by atoms with Gasteiger partial charge in [-0.2, -0.15) is 0 Å². The number of pyridine rings is 1. The predicted molar refractivity (Wildman–Crippen MR) is 108 cm³/mol. The van der Waals surface area contributed by atoms with Gasteiger partial charge in [0, 0.05) is 20.7 Å². The van der Waals surface area contributed by atoms with E-state index in [9.17, 15) is 9.18 Å². The molecule has 0 spiro atoms. The van der Waals surface area contributed by atoms with Crippen LogP contribution in [0, 0.1) is 9.39 Å². The van der Waals surface area contributed by atoms with Crippen molar-refractivity contribution in [3.8, 4) is 0 Å². The second-order valence-electron chi connectivity index (χ2n) is 6.49. The minimum absolute atomic E-state index is 0.0251. The SMILES string of the molecule is CC(C)(c1ccc(I)cc1F)n1c(C(=O)NOCCO)cc2ccncc21. The van der Waals surface area contributed by atoms with E-state index in [2.05, 4.69) is 33.1 Å². The quantitative estimate of drug-likeness (QED) is 0.321. The van der Waals surface area contributed by atoms with E-state index in [1.807, 2.05) is 19.9 Å². The molecule has 0 atom stereocenters. The third-order valence-corrected chi connectivity index (χ3v) is 5.02. The first-order valence-electron chi connectivity index (χ1n) is 8.30. The number of halogens is 2. The highest BCUT2D eigenvalue weighted by Gasteiger charge is 2.32. The highest BCUT2D eigenvalue weighted by molar-refractivity contribution is 14.1. The maximum atomic E-state index is 14.7. The summed E-state index contributed by atoms with van der Waals surface area (Å²) in [5.41, 5.74) is 2.90. The smallest absolute Gasteiger partial charge is 0.291 e. The molecule has 0 aliphatic rings. The van der Waals surface area contributed by atoms with Gasteiger partial charge in [0.15, 0.2) is 0 Å². The highest BCUT2D eigenvalue weighted by Crippen LogP contribution is 2.34. The molecule has 6 nitrogen and oxygen atoms in total. The number of carbonyl (C=O) groups excluding carboxylic acids is 1. The summed E-state index contributed by atoms with van der Waals surface area (Å²) in [6, 6.07) is 8.52. The molecule has 142 valence electrons. The number of hydrogen-bond acceptors (Lipinski definition) is 4. The van der Waals surface area contributed by atoms with Crippen molar-refractivity contribution in [2.24, 2.45) is 0 Å². The summed E-state index contributed by atoms with van der Waals surface area (Å²) in [6.45, 7) is 3.45. The molecule has 3 rings (SSSR count). The molecular formula is C19H19FIN3O3. The van der Waals surface area contributed by atoms with Gasteiger partial charge in [-0.3, -0.25) is 14.6 Å². The number of amides is 1. The fraction of sp³-hybridized carbons (Fsp3) is 0.263. The Morgan fingerprint density at radius 3 is 2.85 bits per heavy atom. The Labute approximate surface area is 169 Å². The molecule has 2 heterocycles. The molecule has 3 aromatic rings. The monoisotopic (exact) mass is 483 g/mol. The van der Waals surface area contributed by atoms with Gasteiger partial charge in [0.1, 0.15) is 11.5 Å². The second kappa shape index (κ2) is 7.91. The maximum Gasteiger partial charge on any atom is 0.291 e. The third-order valence-electron chi connectivity index (χ3n) is 4.35. The van der Waals surface area contributed by atoms with Crippen LogP contribution < -0.4 is 5.48 Å². The van der Waals surface area contributed by atoms with Gasteiger partial charge < -0.3 is 9.67 Å². The van der Waals surface area contributed by atoms with E-state index in [1.54, 1.807) is 35.2 Å². The number of hydroxylamine groups is 1. The zero-order valence-corrected chi connectivity index (χ0v) is 17.0. The molecule has 0 aliphatic heterocycles. The van der Waals surface area contributed by atoms with Crippen molar-refractivity contribution in [1.82, 2.24) is 15.0 Å². The topological polar surface area (TPSA) is 76.4 Å². The Kier molecular flexibility index (Phi) is 5.78. The fourth-order valence-electron chi connectivity index (χ4n) is 3.14. The molecule has 2 aromatic heterocycles. The van der Waals surface area contributed by atoms with Gasteiger partial charge in [-0.15, -0.1) is 0 Å². The van der Waals surface area contributed by atoms with Crippen molar-refractivity contribution < 1.29 is 19.1 Å². The summed E-state index contributed by atoms with van der Waals surface area (Å²) in [6.07, 6.45) is 3.28. The van der Waals surface area contributed by atoms with Crippen molar-refractivity contribution in [2.75, 3.05) is 13.2 Å². The van der Waals surface area contributed by atoms with Gasteiger partial charge >= 0.3 is 0 Å². The van der Waals surface area contributed by atoms with Crippen LogP contribution in [-0.2, 0) is 10.4 Å². The number of aliphatic hydroxyl groups is 1. The maximum absolute atomic E-state index is 14.7. The van der Waals surface area contributed by atoms with Crippen molar-refractivity contribution in [3.05, 3.63) is 63.4 Å². The van der Waals surface area contributed by atoms with Crippen molar-refractivity contribution >= 4 is 39.4 Å². The lowest BCUT2D eigenvalue weighted by Crippen LogP contribution is -2.35. The van der Waals surface area contributed by atoms with Crippen LogP contribution >= 0.6 is 22.6 Å². The Bertz CT molecular complexity index is 987. The average molecular weight is 483 g/mol. The van der Waals surface area contributed by atoms with Gasteiger partial charge in [-0.1, -0.05) is 6.07 Å². The number of rotatable bonds is 6. The molecule has 0 radical (unpaired) electrons. The summed E-state index contributed by atoms with van der Waals surface area (Å²) in [4.78, 5) is 21.8. The molecular weight excluding hydrogens is 464 g/mol. The minimum atomic E-state index is -0.872. The van der Waals surface area contributed by atoms with Gasteiger partial charge in [-0.05, 0) is 60.7 Å². The molecule has 0 saturated carbocycles. The molecule has 0 fully saturated rings. The van der Waals surface area contributed by atoms with Crippen molar-refractivity contribution in [1.29, 1.82) is 0 Å². The lowest BCUT2D eigenvalue weighted by molar-refractivity contribution is 0.0160. The summed E-state index contributed by atoms with van der Waals surface area (Å²) in [7, 11) is 0. The summed E-state index contributed by atoms with van der Waals surface area (Å²) in [5.74, 6) is -0.834. The van der Waals surface area contributed by atoms with Gasteiger partial charge in [0.05, 0.1) is 30.5 Å². The average Bonchev–Trinajstić information content (AvgIpc) is 3.02. The Hall–Kier alpha value is -2.04.